The molecule has 1 aliphatic rings. The minimum Gasteiger partial charge on any atom is -0.375 e. The van der Waals surface area contributed by atoms with Crippen LogP contribution in [0.3, 0.4) is 0 Å². The zero-order chi connectivity index (χ0) is 18.4. The van der Waals surface area contributed by atoms with Crippen molar-refractivity contribution in [2.24, 2.45) is 0 Å². The van der Waals surface area contributed by atoms with Crippen molar-refractivity contribution < 1.29 is 14.3 Å². The molecule has 26 heavy (non-hydrogen) atoms. The number of ether oxygens (including phenoxy) is 1. The fourth-order valence-corrected chi connectivity index (χ4v) is 2.78. The maximum Gasteiger partial charge on any atom is 0.253 e. The summed E-state index contributed by atoms with van der Waals surface area (Å²) in [6.45, 7) is 0.503. The van der Waals surface area contributed by atoms with Crippen LogP contribution in [0.25, 0.3) is 0 Å². The second kappa shape index (κ2) is 8.63. The van der Waals surface area contributed by atoms with E-state index in [-0.39, 0.29) is 18.4 Å². The van der Waals surface area contributed by atoms with Gasteiger partial charge in [0.1, 0.15) is 6.61 Å². The van der Waals surface area contributed by atoms with Gasteiger partial charge in [-0.2, -0.15) is 0 Å². The minimum atomic E-state index is -0.101. The van der Waals surface area contributed by atoms with Crippen LogP contribution < -0.4 is 10.2 Å². The van der Waals surface area contributed by atoms with Crippen LogP contribution in [-0.2, 0) is 27.3 Å². The summed E-state index contributed by atoms with van der Waals surface area (Å²) < 4.78 is 5.02. The molecule has 0 unspecified atom stereocenters. The van der Waals surface area contributed by atoms with E-state index in [1.807, 2.05) is 54.6 Å². The van der Waals surface area contributed by atoms with Crippen LogP contribution in [0, 0.1) is 0 Å². The number of carbonyl (C=O) groups excluding carboxylic acids is 2. The smallest absolute Gasteiger partial charge is 0.253 e. The normalized spacial score (nSPS) is 13.3. The Labute approximate surface area is 154 Å². The summed E-state index contributed by atoms with van der Waals surface area (Å²) >= 11 is 0. The molecule has 0 saturated heterocycles. The highest BCUT2D eigenvalue weighted by molar-refractivity contribution is 5.94. The Morgan fingerprint density at radius 2 is 1.73 bits per heavy atom. The standard InChI is InChI=1S/C21H24N2O3/c1-26-15-21(25)23(14-17-5-3-2-4-6-17)19-11-7-16(8-12-19)13-20(24)22-18-9-10-18/h2-8,11-12,18H,9-10,13-15H2,1H3,(H,22,24). The van der Waals surface area contributed by atoms with Crippen molar-refractivity contribution in [2.75, 3.05) is 18.6 Å². The Hall–Kier alpha value is -2.66. The summed E-state index contributed by atoms with van der Waals surface area (Å²) in [5.41, 5.74) is 2.78. The monoisotopic (exact) mass is 352 g/mol. The van der Waals surface area contributed by atoms with Gasteiger partial charge in [-0.05, 0) is 36.1 Å². The number of benzene rings is 2. The van der Waals surface area contributed by atoms with Crippen LogP contribution in [0.15, 0.2) is 54.6 Å². The SMILES string of the molecule is COCC(=O)N(Cc1ccccc1)c1ccc(CC(=O)NC2CC2)cc1. The second-order valence-electron chi connectivity index (χ2n) is 6.58. The number of hydrogen-bond acceptors (Lipinski definition) is 3. The highest BCUT2D eigenvalue weighted by Gasteiger charge is 2.23. The van der Waals surface area contributed by atoms with E-state index in [4.69, 9.17) is 4.74 Å². The highest BCUT2D eigenvalue weighted by atomic mass is 16.5. The Kier molecular flexibility index (Phi) is 6.02. The fraction of sp³-hybridized carbons (Fsp3) is 0.333. The predicted molar refractivity (Wildman–Crippen MR) is 101 cm³/mol. The third kappa shape index (κ3) is 5.17. The number of rotatable bonds is 8. The van der Waals surface area contributed by atoms with Gasteiger partial charge in [0, 0.05) is 18.8 Å². The molecular weight excluding hydrogens is 328 g/mol. The van der Waals surface area contributed by atoms with Crippen molar-refractivity contribution in [2.45, 2.75) is 31.8 Å². The molecule has 5 heteroatoms. The van der Waals surface area contributed by atoms with Crippen molar-refractivity contribution in [3.63, 3.8) is 0 Å². The molecule has 2 aromatic carbocycles. The largest absolute Gasteiger partial charge is 0.375 e. The number of carbonyl (C=O) groups is 2. The number of methoxy groups -OCH3 is 1. The molecule has 136 valence electrons. The molecule has 1 N–H and O–H groups in total. The highest BCUT2D eigenvalue weighted by Crippen LogP contribution is 2.21. The lowest BCUT2D eigenvalue weighted by Gasteiger charge is -2.23. The van der Waals surface area contributed by atoms with E-state index in [0.29, 0.717) is 19.0 Å². The van der Waals surface area contributed by atoms with Crippen LogP contribution in [0.4, 0.5) is 5.69 Å². The number of hydrogen-bond donors (Lipinski definition) is 1. The van der Waals surface area contributed by atoms with Gasteiger partial charge in [-0.1, -0.05) is 42.5 Å². The van der Waals surface area contributed by atoms with Crippen LogP contribution in [0.5, 0.6) is 0 Å². The second-order valence-corrected chi connectivity index (χ2v) is 6.58. The number of nitrogens with one attached hydrogen (secondary N) is 1. The molecule has 5 nitrogen and oxygen atoms in total. The van der Waals surface area contributed by atoms with Gasteiger partial charge in [0.25, 0.3) is 5.91 Å². The van der Waals surface area contributed by atoms with Gasteiger partial charge in [-0.3, -0.25) is 9.59 Å². The van der Waals surface area contributed by atoms with Gasteiger partial charge >= 0.3 is 0 Å². The van der Waals surface area contributed by atoms with Crippen molar-refractivity contribution in [1.82, 2.24) is 5.32 Å². The van der Waals surface area contributed by atoms with E-state index in [1.54, 1.807) is 4.90 Å². The first-order valence-corrected chi connectivity index (χ1v) is 8.87. The van der Waals surface area contributed by atoms with Crippen LogP contribution in [0.1, 0.15) is 24.0 Å². The third-order valence-corrected chi connectivity index (χ3v) is 4.31. The first-order chi connectivity index (χ1) is 12.7. The maximum atomic E-state index is 12.5. The molecule has 1 aliphatic carbocycles. The van der Waals surface area contributed by atoms with Crippen molar-refractivity contribution in [3.05, 3.63) is 65.7 Å². The summed E-state index contributed by atoms with van der Waals surface area (Å²) in [7, 11) is 1.51. The topological polar surface area (TPSA) is 58.6 Å². The van der Waals surface area contributed by atoms with Crippen molar-refractivity contribution in [1.29, 1.82) is 0 Å². The number of anilines is 1. The summed E-state index contributed by atoms with van der Waals surface area (Å²) in [5.74, 6) is -0.0487. The molecular formula is C21H24N2O3. The molecule has 0 aliphatic heterocycles. The average molecular weight is 352 g/mol. The minimum absolute atomic E-state index is 0.0262. The van der Waals surface area contributed by atoms with E-state index in [0.717, 1.165) is 29.7 Å². The van der Waals surface area contributed by atoms with Gasteiger partial charge in [0.2, 0.25) is 5.91 Å². The quantitative estimate of drug-likeness (QED) is 0.795. The number of amides is 2. The zero-order valence-corrected chi connectivity index (χ0v) is 15.0. The predicted octanol–water partition coefficient (Wildman–Crippen LogP) is 2.69. The Bertz CT molecular complexity index is 740. The fourth-order valence-electron chi connectivity index (χ4n) is 2.78. The van der Waals surface area contributed by atoms with Gasteiger partial charge in [0.15, 0.2) is 0 Å². The average Bonchev–Trinajstić information content (AvgIpc) is 3.45. The molecule has 0 heterocycles. The summed E-state index contributed by atoms with van der Waals surface area (Å²) in [6.07, 6.45) is 2.53. The van der Waals surface area contributed by atoms with Gasteiger partial charge < -0.3 is 15.0 Å². The molecule has 2 amide bonds. The van der Waals surface area contributed by atoms with Gasteiger partial charge in [0.05, 0.1) is 13.0 Å². The van der Waals surface area contributed by atoms with Crippen LogP contribution in [-0.4, -0.2) is 31.6 Å². The maximum absolute atomic E-state index is 12.5. The van der Waals surface area contributed by atoms with Crippen molar-refractivity contribution in [3.8, 4) is 0 Å². The molecule has 3 rings (SSSR count). The molecule has 0 aromatic heterocycles. The first-order valence-electron chi connectivity index (χ1n) is 8.87. The lowest BCUT2D eigenvalue weighted by molar-refractivity contribution is -0.122. The molecule has 0 bridgehead atoms. The number of nitrogens with zero attached hydrogens (tertiary/aromatic N) is 1. The van der Waals surface area contributed by atoms with E-state index in [2.05, 4.69) is 5.32 Å². The molecule has 0 spiro atoms. The van der Waals surface area contributed by atoms with Gasteiger partial charge in [-0.25, -0.2) is 0 Å². The van der Waals surface area contributed by atoms with E-state index in [1.165, 1.54) is 7.11 Å². The van der Waals surface area contributed by atoms with Gasteiger partial charge in [-0.15, -0.1) is 0 Å². The first kappa shape index (κ1) is 18.1. The van der Waals surface area contributed by atoms with E-state index < -0.39 is 0 Å². The molecule has 1 fully saturated rings. The molecule has 2 aromatic rings. The summed E-state index contributed by atoms with van der Waals surface area (Å²) in [4.78, 5) is 26.1. The van der Waals surface area contributed by atoms with E-state index >= 15 is 0 Å². The third-order valence-electron chi connectivity index (χ3n) is 4.31. The van der Waals surface area contributed by atoms with Crippen LogP contribution >= 0.6 is 0 Å². The lowest BCUT2D eigenvalue weighted by atomic mass is 10.1. The Morgan fingerprint density at radius 1 is 1.04 bits per heavy atom. The Morgan fingerprint density at radius 3 is 2.35 bits per heavy atom. The van der Waals surface area contributed by atoms with Crippen molar-refractivity contribution >= 4 is 17.5 Å². The summed E-state index contributed by atoms with van der Waals surface area (Å²) in [5, 5.41) is 2.99. The Balaban J connectivity index is 1.70. The van der Waals surface area contributed by atoms with Crippen LogP contribution in [0.2, 0.25) is 0 Å². The molecule has 0 atom stereocenters. The van der Waals surface area contributed by atoms with E-state index in [9.17, 15) is 9.59 Å². The zero-order valence-electron chi connectivity index (χ0n) is 15.0. The molecule has 1 saturated carbocycles. The summed E-state index contributed by atoms with van der Waals surface area (Å²) in [6, 6.07) is 17.8. The molecule has 0 radical (unpaired) electrons. The lowest BCUT2D eigenvalue weighted by Crippen LogP contribution is -2.33.